The zero-order valence-electron chi connectivity index (χ0n) is 10.9. The molecule has 0 bridgehead atoms. The van der Waals surface area contributed by atoms with Gasteiger partial charge in [-0.1, -0.05) is 45.2 Å². The molecule has 0 aliphatic carbocycles. The zero-order valence-corrected chi connectivity index (χ0v) is 14.0. The standard InChI is InChI=1S/C14H11BrCl2N2O2/c1-8(11-4-2-9(15)6-12(11)17)18-13-5-3-10(16)7-14(13)19(20)21/h2-8,18H,1H3. The first-order chi connectivity index (χ1) is 9.88. The Kier molecular flexibility index (Phi) is 5.08. The average Bonchev–Trinajstić information content (AvgIpc) is 2.40. The van der Waals surface area contributed by atoms with Crippen LogP contribution in [0.1, 0.15) is 18.5 Å². The molecule has 0 fully saturated rings. The molecule has 0 aliphatic rings. The largest absolute Gasteiger partial charge is 0.373 e. The van der Waals surface area contributed by atoms with E-state index in [2.05, 4.69) is 21.2 Å². The summed E-state index contributed by atoms with van der Waals surface area (Å²) in [5.41, 5.74) is 1.18. The van der Waals surface area contributed by atoms with Crippen LogP contribution in [0.25, 0.3) is 0 Å². The number of hydrogen-bond acceptors (Lipinski definition) is 3. The molecule has 1 unspecified atom stereocenters. The molecule has 0 saturated heterocycles. The molecular formula is C14H11BrCl2N2O2. The molecule has 0 spiro atoms. The van der Waals surface area contributed by atoms with Crippen LogP contribution in [0.3, 0.4) is 0 Å². The van der Waals surface area contributed by atoms with Crippen LogP contribution in [0.5, 0.6) is 0 Å². The van der Waals surface area contributed by atoms with E-state index in [9.17, 15) is 10.1 Å². The van der Waals surface area contributed by atoms with Crippen molar-refractivity contribution in [3.05, 3.63) is 66.6 Å². The lowest BCUT2D eigenvalue weighted by atomic mass is 10.1. The highest BCUT2D eigenvalue weighted by molar-refractivity contribution is 9.10. The van der Waals surface area contributed by atoms with Crippen molar-refractivity contribution >= 4 is 50.5 Å². The first kappa shape index (κ1) is 16.1. The molecule has 0 amide bonds. The number of benzene rings is 2. The number of nitrogens with zero attached hydrogens (tertiary/aromatic N) is 1. The van der Waals surface area contributed by atoms with Gasteiger partial charge in [-0.3, -0.25) is 10.1 Å². The van der Waals surface area contributed by atoms with Gasteiger partial charge in [0.05, 0.1) is 11.0 Å². The summed E-state index contributed by atoms with van der Waals surface area (Å²) >= 11 is 15.3. The molecule has 4 nitrogen and oxygen atoms in total. The molecule has 21 heavy (non-hydrogen) atoms. The van der Waals surface area contributed by atoms with Crippen LogP contribution in [-0.2, 0) is 0 Å². The minimum absolute atomic E-state index is 0.0671. The van der Waals surface area contributed by atoms with Crippen LogP contribution < -0.4 is 5.32 Å². The fourth-order valence-electron chi connectivity index (χ4n) is 1.94. The van der Waals surface area contributed by atoms with E-state index in [1.54, 1.807) is 18.2 Å². The molecule has 0 aromatic heterocycles. The number of anilines is 1. The summed E-state index contributed by atoms with van der Waals surface area (Å²) in [6, 6.07) is 9.84. The van der Waals surface area contributed by atoms with E-state index >= 15 is 0 Å². The summed E-state index contributed by atoms with van der Waals surface area (Å²) in [6.07, 6.45) is 0. The van der Waals surface area contributed by atoms with Crippen LogP contribution in [0, 0.1) is 10.1 Å². The van der Waals surface area contributed by atoms with Crippen molar-refractivity contribution < 1.29 is 4.92 Å². The van der Waals surface area contributed by atoms with Crippen LogP contribution >= 0.6 is 39.1 Å². The van der Waals surface area contributed by atoms with Gasteiger partial charge < -0.3 is 5.32 Å². The van der Waals surface area contributed by atoms with E-state index < -0.39 is 4.92 Å². The first-order valence-electron chi connectivity index (χ1n) is 6.04. The van der Waals surface area contributed by atoms with Crippen molar-refractivity contribution in [2.24, 2.45) is 0 Å². The Balaban J connectivity index is 2.31. The third kappa shape index (κ3) is 3.87. The maximum Gasteiger partial charge on any atom is 0.293 e. The lowest BCUT2D eigenvalue weighted by Crippen LogP contribution is -2.09. The lowest BCUT2D eigenvalue weighted by molar-refractivity contribution is -0.384. The Morgan fingerprint density at radius 3 is 2.57 bits per heavy atom. The average molecular weight is 390 g/mol. The van der Waals surface area contributed by atoms with Crippen molar-refractivity contribution in [3.8, 4) is 0 Å². The van der Waals surface area contributed by atoms with Gasteiger partial charge in [-0.2, -0.15) is 0 Å². The van der Waals surface area contributed by atoms with Gasteiger partial charge in [-0.15, -0.1) is 0 Å². The van der Waals surface area contributed by atoms with Crippen molar-refractivity contribution in [2.45, 2.75) is 13.0 Å². The van der Waals surface area contributed by atoms with Gasteiger partial charge in [0.2, 0.25) is 0 Å². The first-order valence-corrected chi connectivity index (χ1v) is 7.59. The van der Waals surface area contributed by atoms with E-state index in [4.69, 9.17) is 23.2 Å². The Morgan fingerprint density at radius 1 is 1.24 bits per heavy atom. The fourth-order valence-corrected chi connectivity index (χ4v) is 2.95. The number of nitro groups is 1. The highest BCUT2D eigenvalue weighted by atomic mass is 79.9. The number of hydrogen-bond donors (Lipinski definition) is 1. The Morgan fingerprint density at radius 2 is 1.95 bits per heavy atom. The molecule has 2 aromatic rings. The second-order valence-corrected chi connectivity index (χ2v) is 6.21. The molecule has 7 heteroatoms. The van der Waals surface area contributed by atoms with E-state index in [1.807, 2.05) is 19.1 Å². The maximum absolute atomic E-state index is 11.1. The Bertz CT molecular complexity index is 695. The van der Waals surface area contributed by atoms with E-state index in [1.165, 1.54) is 6.07 Å². The Hall–Kier alpha value is -1.30. The number of nitrogens with one attached hydrogen (secondary N) is 1. The summed E-state index contributed by atoms with van der Waals surface area (Å²) in [6.45, 7) is 1.88. The van der Waals surface area contributed by atoms with Gasteiger partial charge in [-0.05, 0) is 36.8 Å². The van der Waals surface area contributed by atoms with Crippen molar-refractivity contribution in [1.29, 1.82) is 0 Å². The minimum Gasteiger partial charge on any atom is -0.373 e. The van der Waals surface area contributed by atoms with Gasteiger partial charge in [-0.25, -0.2) is 0 Å². The number of rotatable bonds is 4. The molecule has 2 aromatic carbocycles. The second-order valence-electron chi connectivity index (χ2n) is 4.45. The summed E-state index contributed by atoms with van der Waals surface area (Å²) in [7, 11) is 0. The highest BCUT2D eigenvalue weighted by Gasteiger charge is 2.17. The number of halogens is 3. The predicted octanol–water partition coefficient (Wildman–Crippen LogP) is 5.84. The van der Waals surface area contributed by atoms with Crippen LogP contribution in [0.2, 0.25) is 10.0 Å². The smallest absolute Gasteiger partial charge is 0.293 e. The summed E-state index contributed by atoms with van der Waals surface area (Å²) in [4.78, 5) is 10.6. The lowest BCUT2D eigenvalue weighted by Gasteiger charge is -2.17. The van der Waals surface area contributed by atoms with E-state index in [-0.39, 0.29) is 11.7 Å². The molecule has 110 valence electrons. The summed E-state index contributed by atoms with van der Waals surface area (Å²) < 4.78 is 0.876. The SMILES string of the molecule is CC(Nc1ccc(Cl)cc1[N+](=O)[O-])c1ccc(Br)cc1Cl. The van der Waals surface area contributed by atoms with Crippen LogP contribution in [0.15, 0.2) is 40.9 Å². The molecule has 1 N–H and O–H groups in total. The van der Waals surface area contributed by atoms with Gasteiger partial charge in [0.15, 0.2) is 0 Å². The topological polar surface area (TPSA) is 55.2 Å². The van der Waals surface area contributed by atoms with Crippen LogP contribution in [0.4, 0.5) is 11.4 Å². The summed E-state index contributed by atoms with van der Waals surface area (Å²) in [5, 5.41) is 15.1. The third-order valence-corrected chi connectivity index (χ3v) is 4.01. The van der Waals surface area contributed by atoms with E-state index in [0.717, 1.165) is 10.0 Å². The van der Waals surface area contributed by atoms with Gasteiger partial charge in [0.1, 0.15) is 5.69 Å². The van der Waals surface area contributed by atoms with Crippen LogP contribution in [-0.4, -0.2) is 4.92 Å². The third-order valence-electron chi connectivity index (χ3n) is 2.96. The molecule has 2 rings (SSSR count). The summed E-state index contributed by atoms with van der Waals surface area (Å²) in [5.74, 6) is 0. The Labute approximate surface area is 140 Å². The van der Waals surface area contributed by atoms with Crippen molar-refractivity contribution in [2.75, 3.05) is 5.32 Å². The van der Waals surface area contributed by atoms with Gasteiger partial charge in [0.25, 0.3) is 5.69 Å². The molecule has 0 aliphatic heterocycles. The highest BCUT2D eigenvalue weighted by Crippen LogP contribution is 2.33. The molecule has 0 radical (unpaired) electrons. The predicted molar refractivity (Wildman–Crippen MR) is 89.3 cm³/mol. The molecular weight excluding hydrogens is 379 g/mol. The number of nitro benzene ring substituents is 1. The van der Waals surface area contributed by atoms with E-state index in [0.29, 0.717) is 15.7 Å². The normalized spacial score (nSPS) is 12.0. The molecule has 1 atom stereocenters. The maximum atomic E-state index is 11.1. The monoisotopic (exact) mass is 388 g/mol. The zero-order chi connectivity index (χ0) is 15.6. The second kappa shape index (κ2) is 6.64. The molecule has 0 saturated carbocycles. The van der Waals surface area contributed by atoms with Crippen molar-refractivity contribution in [3.63, 3.8) is 0 Å². The quantitative estimate of drug-likeness (QED) is 0.528. The van der Waals surface area contributed by atoms with Gasteiger partial charge >= 0.3 is 0 Å². The fraction of sp³-hybridized carbons (Fsp3) is 0.143. The molecule has 0 heterocycles. The van der Waals surface area contributed by atoms with Crippen molar-refractivity contribution in [1.82, 2.24) is 0 Å². The minimum atomic E-state index is -0.468. The van der Waals surface area contributed by atoms with Gasteiger partial charge in [0, 0.05) is 20.6 Å².